The van der Waals surface area contributed by atoms with Crippen molar-refractivity contribution in [1.29, 1.82) is 0 Å². The summed E-state index contributed by atoms with van der Waals surface area (Å²) in [5.74, 6) is -0.548. The molecule has 0 aliphatic heterocycles. The lowest BCUT2D eigenvalue weighted by atomic mass is 10.1. The van der Waals surface area contributed by atoms with Crippen molar-refractivity contribution in [3.8, 4) is 0 Å². The van der Waals surface area contributed by atoms with Gasteiger partial charge >= 0.3 is 0 Å². The van der Waals surface area contributed by atoms with Crippen LogP contribution in [0.3, 0.4) is 0 Å². The zero-order valence-corrected chi connectivity index (χ0v) is 14.8. The molecular formula is C17H16ClNO2S2. The second-order valence-electron chi connectivity index (χ2n) is 5.83. The van der Waals surface area contributed by atoms with Crippen molar-refractivity contribution in [3.05, 3.63) is 64.7 Å². The Balaban J connectivity index is 1.98. The molecule has 0 bridgehead atoms. The predicted molar refractivity (Wildman–Crippen MR) is 96.6 cm³/mol. The molecule has 1 aliphatic rings. The summed E-state index contributed by atoms with van der Waals surface area (Å²) in [7, 11) is -3.48. The van der Waals surface area contributed by atoms with Gasteiger partial charge in [-0.15, -0.1) is 0 Å². The summed E-state index contributed by atoms with van der Waals surface area (Å²) < 4.78 is 25.9. The molecule has 0 aromatic heterocycles. The quantitative estimate of drug-likeness (QED) is 0.842. The molecule has 3 nitrogen and oxygen atoms in total. The molecule has 2 aromatic rings. The molecule has 23 heavy (non-hydrogen) atoms. The maximum Gasteiger partial charge on any atom is 0.182 e. The van der Waals surface area contributed by atoms with Gasteiger partial charge in [0.05, 0.1) is 15.1 Å². The zero-order valence-electron chi connectivity index (χ0n) is 12.4. The van der Waals surface area contributed by atoms with Crippen molar-refractivity contribution >= 4 is 38.6 Å². The fourth-order valence-corrected chi connectivity index (χ4v) is 5.63. The van der Waals surface area contributed by atoms with E-state index < -0.39 is 15.1 Å². The molecule has 0 radical (unpaired) electrons. The molecule has 120 valence electrons. The third-order valence-corrected chi connectivity index (χ3v) is 7.00. The van der Waals surface area contributed by atoms with Crippen LogP contribution in [0, 0.1) is 12.8 Å². The van der Waals surface area contributed by atoms with Gasteiger partial charge in [-0.05, 0) is 36.8 Å². The number of rotatable bonds is 4. The van der Waals surface area contributed by atoms with E-state index in [1.807, 2.05) is 19.1 Å². The first kappa shape index (κ1) is 16.4. The van der Waals surface area contributed by atoms with Gasteiger partial charge in [-0.2, -0.15) is 0 Å². The lowest BCUT2D eigenvalue weighted by molar-refractivity contribution is 0.593. The van der Waals surface area contributed by atoms with Crippen LogP contribution in [0.25, 0.3) is 0 Å². The Hall–Kier alpha value is -1.43. The fraction of sp³-hybridized carbons (Fsp3) is 0.235. The number of thiocarbonyl (C=S) groups is 1. The number of nitrogens with two attached hydrogens (primary N) is 1. The Morgan fingerprint density at radius 2 is 1.65 bits per heavy atom. The lowest BCUT2D eigenvalue weighted by Gasteiger charge is -2.05. The fourth-order valence-electron chi connectivity index (χ4n) is 2.98. The molecule has 0 amide bonds. The van der Waals surface area contributed by atoms with Crippen molar-refractivity contribution in [1.82, 2.24) is 0 Å². The Kier molecular flexibility index (Phi) is 4.21. The monoisotopic (exact) mass is 365 g/mol. The first-order valence-corrected chi connectivity index (χ1v) is 9.51. The van der Waals surface area contributed by atoms with Gasteiger partial charge in [0.25, 0.3) is 0 Å². The largest absolute Gasteiger partial charge is 0.393 e. The molecule has 0 saturated heterocycles. The molecule has 2 aromatic carbocycles. The molecule has 6 heteroatoms. The SMILES string of the molecule is Cc1ccc(S(=O)(=O)[C@@H]2[C@@H](C(N)=S)[C@@H]2c2ccc(Cl)cc2)cc1. The van der Waals surface area contributed by atoms with Crippen LogP contribution in [-0.4, -0.2) is 18.7 Å². The van der Waals surface area contributed by atoms with Crippen molar-refractivity contribution < 1.29 is 8.42 Å². The van der Waals surface area contributed by atoms with Gasteiger partial charge in [-0.3, -0.25) is 0 Å². The van der Waals surface area contributed by atoms with Gasteiger partial charge in [0.1, 0.15) is 0 Å². The van der Waals surface area contributed by atoms with E-state index in [1.54, 1.807) is 36.4 Å². The molecule has 3 rings (SSSR count). The molecule has 0 spiro atoms. The van der Waals surface area contributed by atoms with Crippen LogP contribution in [0.4, 0.5) is 0 Å². The highest BCUT2D eigenvalue weighted by atomic mass is 35.5. The molecule has 3 atom stereocenters. The average Bonchev–Trinajstić information content (AvgIpc) is 3.25. The number of halogens is 1. The smallest absolute Gasteiger partial charge is 0.182 e. The normalized spacial score (nSPS) is 23.5. The van der Waals surface area contributed by atoms with Crippen molar-refractivity contribution in [3.63, 3.8) is 0 Å². The standard InChI is InChI=1S/C17H16ClNO2S2/c1-10-2-8-13(9-3-10)23(20,21)16-14(15(16)17(19)22)11-4-6-12(18)7-5-11/h2-9,14-16H,1H3,(H2,19,22)/t14-,15-,16-/m0/s1. The minimum Gasteiger partial charge on any atom is -0.393 e. The van der Waals surface area contributed by atoms with Crippen molar-refractivity contribution in [2.75, 3.05) is 0 Å². The predicted octanol–water partition coefficient (Wildman–Crippen LogP) is 3.49. The van der Waals surface area contributed by atoms with Crippen molar-refractivity contribution in [2.24, 2.45) is 11.7 Å². The Labute approximate surface area is 146 Å². The summed E-state index contributed by atoms with van der Waals surface area (Å²) in [6.07, 6.45) is 0. The highest BCUT2D eigenvalue weighted by Crippen LogP contribution is 2.54. The van der Waals surface area contributed by atoms with Gasteiger partial charge in [0.15, 0.2) is 9.84 Å². The van der Waals surface area contributed by atoms with Gasteiger partial charge in [-0.25, -0.2) is 8.42 Å². The van der Waals surface area contributed by atoms with E-state index in [0.717, 1.165) is 11.1 Å². The summed E-state index contributed by atoms with van der Waals surface area (Å²) in [5.41, 5.74) is 7.70. The maximum atomic E-state index is 12.9. The minimum atomic E-state index is -3.48. The number of hydrogen-bond donors (Lipinski definition) is 1. The Bertz CT molecular complexity index is 845. The van der Waals surface area contributed by atoms with E-state index in [1.165, 1.54) is 0 Å². The lowest BCUT2D eigenvalue weighted by Crippen LogP contribution is -2.17. The first-order chi connectivity index (χ1) is 10.8. The van der Waals surface area contributed by atoms with Crippen LogP contribution in [0.5, 0.6) is 0 Å². The number of sulfone groups is 1. The van der Waals surface area contributed by atoms with E-state index in [4.69, 9.17) is 29.6 Å². The maximum absolute atomic E-state index is 12.9. The molecule has 2 N–H and O–H groups in total. The number of aryl methyl sites for hydroxylation is 1. The molecule has 1 aliphatic carbocycles. The Morgan fingerprint density at radius 1 is 1.09 bits per heavy atom. The minimum absolute atomic E-state index is 0.212. The molecule has 1 fully saturated rings. The highest BCUT2D eigenvalue weighted by Gasteiger charge is 2.60. The second-order valence-corrected chi connectivity index (χ2v) is 8.84. The molecule has 0 heterocycles. The second kappa shape index (κ2) is 5.89. The zero-order chi connectivity index (χ0) is 16.8. The topological polar surface area (TPSA) is 60.2 Å². The third-order valence-electron chi connectivity index (χ3n) is 4.25. The summed E-state index contributed by atoms with van der Waals surface area (Å²) in [6.45, 7) is 1.92. The van der Waals surface area contributed by atoms with E-state index in [-0.39, 0.29) is 16.8 Å². The van der Waals surface area contributed by atoms with Gasteiger partial charge in [-0.1, -0.05) is 53.6 Å². The summed E-state index contributed by atoms with van der Waals surface area (Å²) in [4.78, 5) is 0.552. The van der Waals surface area contributed by atoms with Crippen LogP contribution in [-0.2, 0) is 9.84 Å². The summed E-state index contributed by atoms with van der Waals surface area (Å²) in [6, 6.07) is 14.0. The van der Waals surface area contributed by atoms with Crippen LogP contribution >= 0.6 is 23.8 Å². The van der Waals surface area contributed by atoms with Gasteiger partial charge < -0.3 is 5.73 Å². The number of benzene rings is 2. The third kappa shape index (κ3) is 3.01. The average molecular weight is 366 g/mol. The van der Waals surface area contributed by atoms with E-state index in [2.05, 4.69) is 0 Å². The van der Waals surface area contributed by atoms with Gasteiger partial charge in [0.2, 0.25) is 0 Å². The van der Waals surface area contributed by atoms with Crippen LogP contribution in [0.1, 0.15) is 17.0 Å². The van der Waals surface area contributed by atoms with Crippen molar-refractivity contribution in [2.45, 2.75) is 23.0 Å². The van der Waals surface area contributed by atoms with E-state index in [9.17, 15) is 8.42 Å². The molecular weight excluding hydrogens is 350 g/mol. The Morgan fingerprint density at radius 3 is 2.17 bits per heavy atom. The first-order valence-electron chi connectivity index (χ1n) is 7.18. The molecule has 0 unspecified atom stereocenters. The van der Waals surface area contributed by atoms with Gasteiger partial charge in [0, 0.05) is 16.9 Å². The van der Waals surface area contributed by atoms with Crippen LogP contribution in [0.15, 0.2) is 53.4 Å². The molecule has 1 saturated carbocycles. The summed E-state index contributed by atoms with van der Waals surface area (Å²) in [5, 5.41) is 0.00287. The van der Waals surface area contributed by atoms with Crippen LogP contribution < -0.4 is 5.73 Å². The van der Waals surface area contributed by atoms with Crippen LogP contribution in [0.2, 0.25) is 5.02 Å². The van der Waals surface area contributed by atoms with E-state index >= 15 is 0 Å². The highest BCUT2D eigenvalue weighted by molar-refractivity contribution is 7.92. The summed E-state index contributed by atoms with van der Waals surface area (Å²) >= 11 is 11.0. The van der Waals surface area contributed by atoms with E-state index in [0.29, 0.717) is 9.92 Å². The number of hydrogen-bond acceptors (Lipinski definition) is 3.